The highest BCUT2D eigenvalue weighted by Gasteiger charge is 2.52. The third-order valence-electron chi connectivity index (χ3n) is 6.80. The minimum atomic E-state index is -1.71. The van der Waals surface area contributed by atoms with Crippen LogP contribution in [0.5, 0.6) is 0 Å². The number of fused-ring (bicyclic) bond motifs is 1. The highest BCUT2D eigenvalue weighted by Crippen LogP contribution is 2.42. The van der Waals surface area contributed by atoms with Crippen molar-refractivity contribution in [2.24, 2.45) is 5.92 Å². The van der Waals surface area contributed by atoms with Crippen LogP contribution in [0.15, 0.2) is 18.2 Å². The number of amides is 4. The van der Waals surface area contributed by atoms with Crippen molar-refractivity contribution in [3.8, 4) is 0 Å². The Bertz CT molecular complexity index is 1050. The molecule has 4 rings (SSSR count). The molecule has 2 heterocycles. The number of Topliss-reactive ketones (excluding diaryl/α,β-unsaturated/α-hetero) is 1. The van der Waals surface area contributed by atoms with Crippen molar-refractivity contribution in [2.45, 2.75) is 69.2 Å². The third-order valence-corrected chi connectivity index (χ3v) is 8.49. The molecule has 1 aromatic carbocycles. The average Bonchev–Trinajstić information content (AvgIpc) is 3.10. The third kappa shape index (κ3) is 5.00. The molecule has 0 aromatic heterocycles. The molecule has 0 saturated carbocycles. The lowest BCUT2D eigenvalue weighted by Gasteiger charge is -2.38. The molecule has 1 unspecified atom stereocenters. The summed E-state index contributed by atoms with van der Waals surface area (Å²) in [6.07, 6.45) is 1.32. The van der Waals surface area contributed by atoms with Gasteiger partial charge in [-0.15, -0.1) is 4.72 Å². The van der Waals surface area contributed by atoms with Gasteiger partial charge in [0.05, 0.1) is 5.54 Å². The largest absolute Gasteiger partial charge is 0.598 e. The summed E-state index contributed by atoms with van der Waals surface area (Å²) in [5.74, 6) is -4.77. The first-order chi connectivity index (χ1) is 16.4. The predicted molar refractivity (Wildman–Crippen MR) is 125 cm³/mol. The monoisotopic (exact) mass is 507 g/mol. The first-order valence-corrected chi connectivity index (χ1v) is 12.8. The number of imide groups is 2. The van der Waals surface area contributed by atoms with Gasteiger partial charge in [0.25, 0.3) is 5.91 Å². The Morgan fingerprint density at radius 1 is 1.29 bits per heavy atom. The minimum Gasteiger partial charge on any atom is -0.598 e. The van der Waals surface area contributed by atoms with E-state index in [0.717, 1.165) is 10.5 Å². The highest BCUT2D eigenvalue weighted by molar-refractivity contribution is 7.90. The Morgan fingerprint density at radius 2 is 1.97 bits per heavy atom. The smallest absolute Gasteiger partial charge is 0.331 e. The van der Waals surface area contributed by atoms with Crippen LogP contribution in [0.3, 0.4) is 0 Å². The number of carbonyl (C=O) groups excluding carboxylic acids is 4. The number of ether oxygens (including phenoxy) is 1. The number of carbonyl (C=O) groups is 4. The van der Waals surface area contributed by atoms with Gasteiger partial charge in [-0.3, -0.25) is 24.6 Å². The van der Waals surface area contributed by atoms with E-state index >= 15 is 0 Å². The zero-order valence-electron chi connectivity index (χ0n) is 20.0. The molecule has 0 spiro atoms. The molecule has 2 N–H and O–H groups in total. The summed E-state index contributed by atoms with van der Waals surface area (Å²) in [6.45, 7) is 6.03. The van der Waals surface area contributed by atoms with Crippen LogP contribution in [0.25, 0.3) is 0 Å². The molecule has 4 amide bonds. The van der Waals surface area contributed by atoms with Gasteiger partial charge in [-0.25, -0.2) is 9.18 Å². The van der Waals surface area contributed by atoms with E-state index in [1.807, 2.05) is 0 Å². The van der Waals surface area contributed by atoms with E-state index in [9.17, 15) is 28.1 Å². The van der Waals surface area contributed by atoms with Crippen molar-refractivity contribution in [3.63, 3.8) is 0 Å². The van der Waals surface area contributed by atoms with E-state index in [1.54, 1.807) is 26.8 Å². The van der Waals surface area contributed by atoms with E-state index in [-0.39, 0.29) is 6.42 Å². The highest BCUT2D eigenvalue weighted by atomic mass is 32.2. The van der Waals surface area contributed by atoms with Gasteiger partial charge in [-0.2, -0.15) is 0 Å². The molecule has 0 radical (unpaired) electrons. The maximum Gasteiger partial charge on any atom is 0.331 e. The quantitative estimate of drug-likeness (QED) is 0.444. The summed E-state index contributed by atoms with van der Waals surface area (Å²) >= 11 is -1.62. The minimum absolute atomic E-state index is 0.338. The normalized spacial score (nSPS) is 26.5. The van der Waals surface area contributed by atoms with Crippen LogP contribution in [0.4, 0.5) is 9.18 Å². The molecule has 9 nitrogen and oxygen atoms in total. The van der Waals surface area contributed by atoms with Gasteiger partial charge in [0.15, 0.2) is 11.7 Å². The predicted octanol–water partition coefficient (Wildman–Crippen LogP) is 1.85. The molecule has 2 fully saturated rings. The van der Waals surface area contributed by atoms with Gasteiger partial charge in [-0.05, 0) is 69.7 Å². The van der Waals surface area contributed by atoms with E-state index in [2.05, 4.69) is 10.0 Å². The Balaban J connectivity index is 1.65. The van der Waals surface area contributed by atoms with Crippen molar-refractivity contribution in [1.29, 1.82) is 0 Å². The molecule has 1 aliphatic carbocycles. The molecule has 190 valence electrons. The number of hydrogen-bond acceptors (Lipinski definition) is 7. The first kappa shape index (κ1) is 25.7. The second kappa shape index (κ2) is 9.61. The fraction of sp³-hybridized carbons (Fsp3) is 0.583. The molecule has 2 aliphatic heterocycles. The maximum atomic E-state index is 14.2. The van der Waals surface area contributed by atoms with E-state index in [0.29, 0.717) is 44.5 Å². The second-order valence-electron chi connectivity index (χ2n) is 10.3. The molecule has 3 atom stereocenters. The van der Waals surface area contributed by atoms with Crippen molar-refractivity contribution < 1.29 is 32.9 Å². The molecule has 1 aromatic rings. The molecule has 0 bridgehead atoms. The van der Waals surface area contributed by atoms with Gasteiger partial charge in [0, 0.05) is 37.0 Å². The lowest BCUT2D eigenvalue weighted by atomic mass is 9.83. The van der Waals surface area contributed by atoms with Crippen LogP contribution < -0.4 is 10.0 Å². The number of benzene rings is 1. The Labute approximate surface area is 206 Å². The summed E-state index contributed by atoms with van der Waals surface area (Å²) in [4.78, 5) is 53.0. The fourth-order valence-corrected chi connectivity index (χ4v) is 5.86. The Kier molecular flexibility index (Phi) is 7.07. The molecule has 11 heteroatoms. The number of hydrogen-bond donors (Lipinski definition) is 2. The van der Waals surface area contributed by atoms with Crippen LogP contribution in [-0.4, -0.2) is 57.1 Å². The van der Waals surface area contributed by atoms with Crippen LogP contribution in [-0.2, 0) is 42.4 Å². The average molecular weight is 508 g/mol. The summed E-state index contributed by atoms with van der Waals surface area (Å²) in [5.41, 5.74) is 0.0681. The number of ketones is 1. The van der Waals surface area contributed by atoms with Gasteiger partial charge in [-0.1, -0.05) is 6.07 Å². The number of rotatable bonds is 6. The first-order valence-electron chi connectivity index (χ1n) is 11.7. The van der Waals surface area contributed by atoms with Gasteiger partial charge < -0.3 is 9.29 Å². The topological polar surface area (TPSA) is 128 Å². The van der Waals surface area contributed by atoms with E-state index in [1.165, 1.54) is 12.1 Å². The number of urea groups is 1. The van der Waals surface area contributed by atoms with E-state index < -0.39 is 63.1 Å². The van der Waals surface area contributed by atoms with E-state index in [4.69, 9.17) is 4.74 Å². The zero-order chi connectivity index (χ0) is 25.5. The Hall–Kier alpha value is -2.34. The summed E-state index contributed by atoms with van der Waals surface area (Å²) < 4.78 is 35.0. The van der Waals surface area contributed by atoms with Crippen LogP contribution in [0, 0.1) is 11.7 Å². The van der Waals surface area contributed by atoms with Gasteiger partial charge >= 0.3 is 6.03 Å². The van der Waals surface area contributed by atoms with Crippen molar-refractivity contribution in [1.82, 2.24) is 14.9 Å². The number of aryl methyl sites for hydroxylation is 1. The molecule has 35 heavy (non-hydrogen) atoms. The van der Waals surface area contributed by atoms with Gasteiger partial charge in [0.1, 0.15) is 10.6 Å². The lowest BCUT2D eigenvalue weighted by molar-refractivity contribution is -0.150. The molecule has 2 saturated heterocycles. The zero-order valence-corrected chi connectivity index (χ0v) is 20.8. The van der Waals surface area contributed by atoms with Crippen molar-refractivity contribution in [2.75, 3.05) is 13.2 Å². The lowest BCUT2D eigenvalue weighted by Crippen LogP contribution is -2.63. The fourth-order valence-electron chi connectivity index (χ4n) is 4.91. The Morgan fingerprint density at radius 3 is 2.63 bits per heavy atom. The van der Waals surface area contributed by atoms with Crippen molar-refractivity contribution >= 4 is 35.0 Å². The summed E-state index contributed by atoms with van der Waals surface area (Å²) in [7, 11) is 0. The number of halogens is 1. The number of nitrogens with zero attached hydrogens (tertiary/aromatic N) is 1. The van der Waals surface area contributed by atoms with Crippen molar-refractivity contribution in [3.05, 3.63) is 35.1 Å². The standard InChI is InChI=1S/C24H30FN3O6S/c1-23(2,3)35(33)27-24(9-6-14-4-5-15(25)12-17(14)24)13-18(29)19-20(30)26-22(32)28(21(19)31)16-7-10-34-11-8-16/h4-5,12,16,19,27H,6-11,13H2,1-3H3,(H,26,30,32)/t19?,24-,35+/m1/s1. The second-order valence-corrected chi connectivity index (χ2v) is 12.3. The maximum absolute atomic E-state index is 14.2. The van der Waals surface area contributed by atoms with Gasteiger partial charge in [0.2, 0.25) is 5.91 Å². The molecular formula is C24H30FN3O6S. The number of nitrogens with one attached hydrogen (secondary N) is 2. The summed E-state index contributed by atoms with van der Waals surface area (Å²) in [5, 5.41) is 2.14. The summed E-state index contributed by atoms with van der Waals surface area (Å²) in [6, 6.07) is 2.95. The molecule has 3 aliphatic rings. The van der Waals surface area contributed by atoms with Crippen LogP contribution in [0.2, 0.25) is 0 Å². The number of barbiturate groups is 1. The molecular weight excluding hydrogens is 477 g/mol. The SMILES string of the molecule is CC(C)(C)[S@+]([O-])N[C@@]1(CC(=O)C2C(=O)NC(=O)N(C3CCOCC3)C2=O)CCc2ccc(F)cc21. The van der Waals surface area contributed by atoms with Crippen LogP contribution in [0.1, 0.15) is 57.6 Å². The van der Waals surface area contributed by atoms with Crippen LogP contribution >= 0.6 is 0 Å².